The maximum atomic E-state index is 12.9. The second-order valence-electron chi connectivity index (χ2n) is 10.9. The first-order chi connectivity index (χ1) is 20.7. The molecule has 2 heterocycles. The van der Waals surface area contributed by atoms with Crippen molar-refractivity contribution in [2.24, 2.45) is 5.92 Å². The van der Waals surface area contributed by atoms with Gasteiger partial charge in [0.25, 0.3) is 0 Å². The maximum absolute atomic E-state index is 12.9. The van der Waals surface area contributed by atoms with Crippen LogP contribution in [0.2, 0.25) is 0 Å². The molecule has 222 valence electrons. The van der Waals surface area contributed by atoms with E-state index in [-0.39, 0.29) is 17.1 Å². The van der Waals surface area contributed by atoms with E-state index in [1.165, 1.54) is 12.1 Å². The molecule has 1 aromatic heterocycles. The normalized spacial score (nSPS) is 15.6. The lowest BCUT2D eigenvalue weighted by molar-refractivity contribution is -0.118. The molecule has 0 saturated carbocycles. The molecular formula is C36H39N3O4. The number of benzene rings is 2. The molecule has 0 spiro atoms. The summed E-state index contributed by atoms with van der Waals surface area (Å²) in [5.74, 6) is 1.19. The molecule has 1 saturated heterocycles. The molecule has 0 radical (unpaired) electrons. The van der Waals surface area contributed by atoms with Crippen molar-refractivity contribution < 1.29 is 14.3 Å². The second kappa shape index (κ2) is 14.9. The van der Waals surface area contributed by atoms with Gasteiger partial charge in [-0.25, -0.2) is 4.98 Å². The second-order valence-corrected chi connectivity index (χ2v) is 10.9. The number of nitrogens with one attached hydrogen (secondary N) is 1. The number of methoxy groups -OCH3 is 1. The molecule has 1 aliphatic rings. The van der Waals surface area contributed by atoms with Crippen LogP contribution in [0.4, 0.5) is 11.4 Å². The minimum absolute atomic E-state index is 0.186. The van der Waals surface area contributed by atoms with Crippen LogP contribution >= 0.6 is 0 Å². The van der Waals surface area contributed by atoms with Crippen molar-refractivity contribution in [3.8, 4) is 5.75 Å². The molecule has 7 nitrogen and oxygen atoms in total. The first-order valence-corrected chi connectivity index (χ1v) is 14.6. The smallest absolute Gasteiger partial charge is 0.247 e. The fraction of sp³-hybridized carbons (Fsp3) is 0.278. The summed E-state index contributed by atoms with van der Waals surface area (Å²) in [5, 5.41) is 2.75. The summed E-state index contributed by atoms with van der Waals surface area (Å²) in [6, 6.07) is 18.6. The average molecular weight is 578 g/mol. The van der Waals surface area contributed by atoms with Gasteiger partial charge in [-0.1, -0.05) is 24.8 Å². The van der Waals surface area contributed by atoms with E-state index in [0.717, 1.165) is 54.9 Å². The Bertz CT molecular complexity index is 1610. The van der Waals surface area contributed by atoms with Crippen molar-refractivity contribution in [2.45, 2.75) is 39.5 Å². The van der Waals surface area contributed by atoms with E-state index in [1.807, 2.05) is 49.4 Å². The Hall–Kier alpha value is -4.78. The molecule has 43 heavy (non-hydrogen) atoms. The van der Waals surface area contributed by atoms with Crippen LogP contribution < -0.4 is 20.4 Å². The number of carbonyl (C=O) groups is 2. The van der Waals surface area contributed by atoms with Crippen molar-refractivity contribution in [1.29, 1.82) is 0 Å². The Morgan fingerprint density at radius 1 is 1.05 bits per heavy atom. The minimum Gasteiger partial charge on any atom is -0.496 e. The van der Waals surface area contributed by atoms with Gasteiger partial charge in [-0.05, 0) is 111 Å². The van der Waals surface area contributed by atoms with Gasteiger partial charge in [0.05, 0.1) is 12.8 Å². The Labute approximate surface area is 253 Å². The zero-order valence-corrected chi connectivity index (χ0v) is 25.1. The van der Waals surface area contributed by atoms with Crippen LogP contribution in [-0.2, 0) is 9.59 Å². The third kappa shape index (κ3) is 8.85. The fourth-order valence-electron chi connectivity index (χ4n) is 5.37. The van der Waals surface area contributed by atoms with Crippen molar-refractivity contribution in [3.63, 3.8) is 0 Å². The lowest BCUT2D eigenvalue weighted by Crippen LogP contribution is -2.24. The molecule has 1 aliphatic heterocycles. The molecule has 1 N–H and O–H groups in total. The van der Waals surface area contributed by atoms with E-state index in [1.54, 1.807) is 32.2 Å². The first kappa shape index (κ1) is 31.2. The van der Waals surface area contributed by atoms with Gasteiger partial charge in [0.1, 0.15) is 17.2 Å². The topological polar surface area (TPSA) is 88.6 Å². The van der Waals surface area contributed by atoms with Crippen LogP contribution in [0.1, 0.15) is 62.0 Å². The number of hydrogen-bond acceptors (Lipinski definition) is 6. The highest BCUT2D eigenvalue weighted by molar-refractivity contribution is 5.99. The molecule has 4 rings (SSSR count). The van der Waals surface area contributed by atoms with Gasteiger partial charge in [-0.2, -0.15) is 0 Å². The first-order valence-electron chi connectivity index (χ1n) is 14.6. The van der Waals surface area contributed by atoms with Crippen molar-refractivity contribution >= 4 is 46.9 Å². The van der Waals surface area contributed by atoms with Crippen molar-refractivity contribution in [1.82, 2.24) is 4.98 Å². The summed E-state index contributed by atoms with van der Waals surface area (Å²) in [7, 11) is 1.66. The van der Waals surface area contributed by atoms with E-state index in [4.69, 9.17) is 9.72 Å². The number of amides is 1. The largest absolute Gasteiger partial charge is 0.496 e. The fourth-order valence-corrected chi connectivity index (χ4v) is 5.37. The molecule has 1 fully saturated rings. The summed E-state index contributed by atoms with van der Waals surface area (Å²) >= 11 is 0. The SMILES string of the molecule is C=CC(=O)Nc1cccc(/C=C(/C)c2nc(/C=C/c3ccc(N4CCCC(CC(C)=O)CC4)cc3OC)cccc2=O)c1. The average Bonchev–Trinajstić information content (AvgIpc) is 3.33. The molecule has 2 aromatic carbocycles. The Kier molecular flexibility index (Phi) is 10.8. The van der Waals surface area contributed by atoms with Crippen molar-refractivity contribution in [2.75, 3.05) is 30.4 Å². The number of allylic oxidation sites excluding steroid dienone is 1. The summed E-state index contributed by atoms with van der Waals surface area (Å²) in [6.07, 6.45) is 10.7. The van der Waals surface area contributed by atoms with Gasteiger partial charge in [0, 0.05) is 42.5 Å². The molecule has 1 atom stereocenters. The van der Waals surface area contributed by atoms with Gasteiger partial charge in [0.15, 0.2) is 0 Å². The molecule has 3 aromatic rings. The Morgan fingerprint density at radius 2 is 1.86 bits per heavy atom. The summed E-state index contributed by atoms with van der Waals surface area (Å²) in [5.41, 5.74) is 4.96. The highest BCUT2D eigenvalue weighted by atomic mass is 16.5. The maximum Gasteiger partial charge on any atom is 0.247 e. The summed E-state index contributed by atoms with van der Waals surface area (Å²) in [6.45, 7) is 8.88. The third-order valence-corrected chi connectivity index (χ3v) is 7.52. The summed E-state index contributed by atoms with van der Waals surface area (Å²) in [4.78, 5) is 43.2. The van der Waals surface area contributed by atoms with Crippen LogP contribution in [0.5, 0.6) is 5.75 Å². The molecule has 1 unspecified atom stereocenters. The molecular weight excluding hydrogens is 538 g/mol. The third-order valence-electron chi connectivity index (χ3n) is 7.52. The Morgan fingerprint density at radius 3 is 2.63 bits per heavy atom. The molecule has 7 heteroatoms. The number of carbonyl (C=O) groups excluding carboxylic acids is 2. The lowest BCUT2D eigenvalue weighted by atomic mass is 9.95. The minimum atomic E-state index is -0.291. The van der Waals surface area contributed by atoms with Crippen LogP contribution in [0.3, 0.4) is 0 Å². The number of Topliss-reactive ketones (excluding diaryl/α,β-unsaturated/α-hetero) is 1. The van der Waals surface area contributed by atoms with Gasteiger partial charge in [-0.15, -0.1) is 0 Å². The monoisotopic (exact) mass is 577 g/mol. The van der Waals surface area contributed by atoms with Gasteiger partial charge in [-0.3, -0.25) is 9.59 Å². The van der Waals surface area contributed by atoms with E-state index >= 15 is 0 Å². The predicted molar refractivity (Wildman–Crippen MR) is 176 cm³/mol. The zero-order chi connectivity index (χ0) is 30.8. The van der Waals surface area contributed by atoms with E-state index in [2.05, 4.69) is 28.9 Å². The number of ketones is 1. The van der Waals surface area contributed by atoms with E-state index in [0.29, 0.717) is 35.0 Å². The van der Waals surface area contributed by atoms with Gasteiger partial charge < -0.3 is 19.7 Å². The highest BCUT2D eigenvalue weighted by Gasteiger charge is 2.19. The number of nitrogens with zero attached hydrogens (tertiary/aromatic N) is 2. The standard InChI is InChI=1S/C36H39N3O4/c1-5-35(42)37-31-12-6-9-28(23-31)21-25(2)36-33(41)13-7-11-30(38-36)16-14-29-15-17-32(24-34(29)43-4)39-19-8-10-27(18-20-39)22-26(3)40/h5-7,9,11-17,21,23-24,27H,1,8,10,18-20,22H2,2-4H3,(H,37,42)/b16-14+,25-21-. The van der Waals surface area contributed by atoms with Crippen LogP contribution in [0.15, 0.2) is 78.1 Å². The van der Waals surface area contributed by atoms with E-state index in [9.17, 15) is 14.4 Å². The van der Waals surface area contributed by atoms with Crippen LogP contribution in [0, 0.1) is 5.92 Å². The lowest BCUT2D eigenvalue weighted by Gasteiger charge is -2.24. The molecule has 0 aliphatic carbocycles. The van der Waals surface area contributed by atoms with Crippen LogP contribution in [0.25, 0.3) is 23.8 Å². The Balaban J connectivity index is 1.55. The number of rotatable bonds is 10. The quantitative estimate of drug-likeness (QED) is 0.264. The number of ether oxygens (including phenoxy) is 1. The van der Waals surface area contributed by atoms with Gasteiger partial charge in [0.2, 0.25) is 11.3 Å². The van der Waals surface area contributed by atoms with Gasteiger partial charge >= 0.3 is 0 Å². The zero-order valence-electron chi connectivity index (χ0n) is 25.1. The number of aromatic nitrogens is 1. The number of anilines is 2. The molecule has 1 amide bonds. The predicted octanol–water partition coefficient (Wildman–Crippen LogP) is 6.89. The number of hydrogen-bond donors (Lipinski definition) is 1. The molecule has 0 bridgehead atoms. The highest BCUT2D eigenvalue weighted by Crippen LogP contribution is 2.30. The van der Waals surface area contributed by atoms with Crippen LogP contribution in [-0.4, -0.2) is 36.9 Å². The van der Waals surface area contributed by atoms with E-state index < -0.39 is 0 Å². The summed E-state index contributed by atoms with van der Waals surface area (Å²) < 4.78 is 5.74. The van der Waals surface area contributed by atoms with Crippen molar-refractivity contribution in [3.05, 3.63) is 106 Å².